The fraction of sp³-hybridized carbons (Fsp3) is 0.448. The zero-order chi connectivity index (χ0) is 24.0. The minimum absolute atomic E-state index is 0.149. The highest BCUT2D eigenvalue weighted by Gasteiger charge is 2.54. The van der Waals surface area contributed by atoms with Crippen LogP contribution in [0.1, 0.15) is 69.7 Å². The number of phenols is 2. The van der Waals surface area contributed by atoms with Gasteiger partial charge in [0.2, 0.25) is 0 Å². The van der Waals surface area contributed by atoms with E-state index < -0.39 is 5.60 Å². The second kappa shape index (κ2) is 8.57. The fourth-order valence-electron chi connectivity index (χ4n) is 5.47. The van der Waals surface area contributed by atoms with E-state index in [9.17, 15) is 15.3 Å². The quantitative estimate of drug-likeness (QED) is 0.381. The van der Waals surface area contributed by atoms with E-state index in [1.54, 1.807) is 12.1 Å². The van der Waals surface area contributed by atoms with E-state index in [4.69, 9.17) is 4.74 Å². The van der Waals surface area contributed by atoms with Gasteiger partial charge < -0.3 is 20.1 Å². The number of aliphatic hydroxyl groups is 1. The lowest BCUT2D eigenvalue weighted by molar-refractivity contribution is -0.138. The Bertz CT molecular complexity index is 1110. The van der Waals surface area contributed by atoms with Gasteiger partial charge in [-0.2, -0.15) is 0 Å². The van der Waals surface area contributed by atoms with Crippen molar-refractivity contribution in [3.8, 4) is 17.2 Å². The van der Waals surface area contributed by atoms with Crippen LogP contribution in [0.25, 0.3) is 12.2 Å². The molecule has 176 valence electrons. The third kappa shape index (κ3) is 4.54. The number of hydrogen-bond donors (Lipinski definition) is 3. The Labute approximate surface area is 197 Å². The molecule has 2 aromatic carbocycles. The van der Waals surface area contributed by atoms with E-state index in [-0.39, 0.29) is 28.9 Å². The molecule has 2 aliphatic rings. The number of benzene rings is 2. The molecule has 0 saturated heterocycles. The smallest absolute Gasteiger partial charge is 0.164 e. The average molecular weight is 449 g/mol. The van der Waals surface area contributed by atoms with E-state index in [1.165, 1.54) is 5.57 Å². The number of hydrogen-bond acceptors (Lipinski definition) is 4. The van der Waals surface area contributed by atoms with Crippen molar-refractivity contribution >= 4 is 12.2 Å². The van der Waals surface area contributed by atoms with Gasteiger partial charge in [-0.15, -0.1) is 0 Å². The molecule has 0 radical (unpaired) electrons. The molecule has 1 unspecified atom stereocenters. The van der Waals surface area contributed by atoms with Gasteiger partial charge in [0.25, 0.3) is 0 Å². The molecule has 1 aliphatic carbocycles. The lowest BCUT2D eigenvalue weighted by Crippen LogP contribution is -2.58. The van der Waals surface area contributed by atoms with Crippen molar-refractivity contribution in [3.05, 3.63) is 64.2 Å². The van der Waals surface area contributed by atoms with Gasteiger partial charge in [-0.25, -0.2) is 0 Å². The maximum absolute atomic E-state index is 10.8. The average Bonchev–Trinajstić information content (AvgIpc) is 2.74. The first-order valence-electron chi connectivity index (χ1n) is 11.9. The first-order valence-corrected chi connectivity index (χ1v) is 11.9. The molecule has 33 heavy (non-hydrogen) atoms. The maximum atomic E-state index is 10.8. The van der Waals surface area contributed by atoms with E-state index in [0.29, 0.717) is 18.6 Å². The van der Waals surface area contributed by atoms with Crippen LogP contribution in [0.4, 0.5) is 0 Å². The summed E-state index contributed by atoms with van der Waals surface area (Å²) >= 11 is 0. The van der Waals surface area contributed by atoms with Crippen LogP contribution in [-0.2, 0) is 12.8 Å². The topological polar surface area (TPSA) is 69.9 Å². The molecule has 0 spiro atoms. The van der Waals surface area contributed by atoms with Crippen LogP contribution in [0.15, 0.2) is 42.0 Å². The summed E-state index contributed by atoms with van der Waals surface area (Å²) in [6, 6.07) is 9.49. The first-order chi connectivity index (χ1) is 15.5. The molecular formula is C29H36O4. The number of aliphatic hydroxyl groups excluding tert-OH is 1. The third-order valence-electron chi connectivity index (χ3n) is 7.64. The van der Waals surface area contributed by atoms with Crippen molar-refractivity contribution in [3.63, 3.8) is 0 Å². The Kier molecular flexibility index (Phi) is 6.09. The molecule has 2 aromatic rings. The van der Waals surface area contributed by atoms with E-state index >= 15 is 0 Å². The molecule has 4 rings (SSSR count). The number of fused-ring (bicyclic) bond motifs is 2. The second-order valence-corrected chi connectivity index (χ2v) is 10.8. The van der Waals surface area contributed by atoms with Crippen LogP contribution >= 0.6 is 0 Å². The van der Waals surface area contributed by atoms with E-state index in [0.717, 1.165) is 35.1 Å². The molecule has 3 N–H and O–H groups in total. The van der Waals surface area contributed by atoms with Gasteiger partial charge in [0, 0.05) is 5.92 Å². The minimum atomic E-state index is -0.394. The molecule has 1 heterocycles. The van der Waals surface area contributed by atoms with Crippen LogP contribution in [0.3, 0.4) is 0 Å². The lowest BCUT2D eigenvalue weighted by atomic mass is 9.57. The highest BCUT2D eigenvalue weighted by atomic mass is 16.5. The van der Waals surface area contributed by atoms with Crippen molar-refractivity contribution in [1.82, 2.24) is 0 Å². The van der Waals surface area contributed by atoms with Crippen LogP contribution in [0, 0.1) is 11.3 Å². The predicted molar refractivity (Wildman–Crippen MR) is 134 cm³/mol. The normalized spacial score (nSPS) is 25.8. The molecule has 1 fully saturated rings. The molecule has 0 bridgehead atoms. The van der Waals surface area contributed by atoms with Crippen molar-refractivity contribution in [2.75, 3.05) is 0 Å². The number of allylic oxidation sites excluding steroid dienone is 2. The Balaban J connectivity index is 1.59. The van der Waals surface area contributed by atoms with Crippen molar-refractivity contribution in [1.29, 1.82) is 0 Å². The van der Waals surface area contributed by atoms with Gasteiger partial charge in [0.05, 0.1) is 6.10 Å². The summed E-state index contributed by atoms with van der Waals surface area (Å²) in [6.07, 6.45) is 8.57. The molecule has 0 amide bonds. The SMILES string of the molecule is CC(C)=CCc1ccc(/C=C/c2cc(O)c3c(c2)CC2C(C)(C)[C@H](O)CC[C@@]2(C)O3)cc1O. The van der Waals surface area contributed by atoms with E-state index in [2.05, 4.69) is 32.9 Å². The summed E-state index contributed by atoms with van der Waals surface area (Å²) in [5.41, 5.74) is 4.20. The Morgan fingerprint density at radius 2 is 1.73 bits per heavy atom. The number of phenolic OH excluding ortho intramolecular Hbond substituents is 2. The molecule has 1 aliphatic heterocycles. The number of aromatic hydroxyl groups is 2. The third-order valence-corrected chi connectivity index (χ3v) is 7.64. The summed E-state index contributed by atoms with van der Waals surface area (Å²) in [5, 5.41) is 31.7. The van der Waals surface area contributed by atoms with Crippen LogP contribution in [0.5, 0.6) is 17.2 Å². The fourth-order valence-corrected chi connectivity index (χ4v) is 5.47. The minimum Gasteiger partial charge on any atom is -0.508 e. The van der Waals surface area contributed by atoms with Crippen molar-refractivity contribution in [2.45, 2.75) is 72.0 Å². The largest absolute Gasteiger partial charge is 0.508 e. The zero-order valence-electron chi connectivity index (χ0n) is 20.4. The maximum Gasteiger partial charge on any atom is 0.164 e. The second-order valence-electron chi connectivity index (χ2n) is 10.8. The van der Waals surface area contributed by atoms with Gasteiger partial charge in [-0.1, -0.05) is 49.8 Å². The lowest BCUT2D eigenvalue weighted by Gasteiger charge is -2.55. The Morgan fingerprint density at radius 1 is 1.03 bits per heavy atom. The van der Waals surface area contributed by atoms with Gasteiger partial charge in [0.15, 0.2) is 11.5 Å². The van der Waals surface area contributed by atoms with Gasteiger partial charge in [-0.3, -0.25) is 0 Å². The highest BCUT2D eigenvalue weighted by molar-refractivity contribution is 5.72. The molecule has 4 heteroatoms. The van der Waals surface area contributed by atoms with Gasteiger partial charge >= 0.3 is 0 Å². The van der Waals surface area contributed by atoms with E-state index in [1.807, 2.05) is 38.1 Å². The monoisotopic (exact) mass is 448 g/mol. The van der Waals surface area contributed by atoms with Crippen LogP contribution < -0.4 is 4.74 Å². The summed E-state index contributed by atoms with van der Waals surface area (Å²) < 4.78 is 6.40. The molecule has 3 atom stereocenters. The van der Waals surface area contributed by atoms with Crippen LogP contribution in [-0.4, -0.2) is 27.0 Å². The molecular weight excluding hydrogens is 412 g/mol. The van der Waals surface area contributed by atoms with Gasteiger partial charge in [-0.05, 0) is 92.3 Å². The van der Waals surface area contributed by atoms with Crippen LogP contribution in [0.2, 0.25) is 0 Å². The van der Waals surface area contributed by atoms with Crippen molar-refractivity contribution in [2.24, 2.45) is 11.3 Å². The molecule has 1 saturated carbocycles. The standard InChI is InChI=1S/C29H36O4/c1-18(2)6-10-21-11-9-19(15-23(21)30)7-8-20-14-22-17-25-28(3,4)26(32)12-13-29(25,5)33-27(22)24(31)16-20/h6-9,11,14-16,25-26,30-32H,10,12-13,17H2,1-5H3/b8-7+/t25?,26-,29-/m1/s1. The molecule has 0 aromatic heterocycles. The van der Waals surface area contributed by atoms with Gasteiger partial charge in [0.1, 0.15) is 11.4 Å². The molecule has 4 nitrogen and oxygen atoms in total. The predicted octanol–water partition coefficient (Wildman–Crippen LogP) is 6.27. The number of rotatable bonds is 4. The summed E-state index contributed by atoms with van der Waals surface area (Å²) in [6.45, 7) is 10.4. The van der Waals surface area contributed by atoms with Crippen molar-refractivity contribution < 1.29 is 20.1 Å². The summed E-state index contributed by atoms with van der Waals surface area (Å²) in [7, 11) is 0. The highest BCUT2D eigenvalue weighted by Crippen LogP contribution is 2.54. The first kappa shape index (κ1) is 23.4. The number of ether oxygens (including phenoxy) is 1. The Morgan fingerprint density at radius 3 is 2.42 bits per heavy atom. The zero-order valence-corrected chi connectivity index (χ0v) is 20.4. The Hall–Kier alpha value is -2.72. The summed E-state index contributed by atoms with van der Waals surface area (Å²) in [5.74, 6) is 1.16. The summed E-state index contributed by atoms with van der Waals surface area (Å²) in [4.78, 5) is 0.